The van der Waals surface area contributed by atoms with Gasteiger partial charge in [0.25, 0.3) is 10.0 Å². The number of rotatable bonds is 10. The van der Waals surface area contributed by atoms with Crippen molar-refractivity contribution in [3.63, 3.8) is 0 Å². The summed E-state index contributed by atoms with van der Waals surface area (Å²) in [5.41, 5.74) is 0.911. The largest absolute Gasteiger partial charge is 0.449 e. The molecular weight excluding hydrogens is 392 g/mol. The maximum absolute atomic E-state index is 12.9. The number of hydrogen-bond acceptors (Lipinski definition) is 5. The highest BCUT2D eigenvalue weighted by Crippen LogP contribution is 2.21. The van der Waals surface area contributed by atoms with E-state index in [0.29, 0.717) is 39.2 Å². The Balaban J connectivity index is 1.90. The minimum Gasteiger partial charge on any atom is -0.449 e. The summed E-state index contributed by atoms with van der Waals surface area (Å²) in [6, 6.07) is 6.60. The molecular formula is C20H32N4O4S. The van der Waals surface area contributed by atoms with Gasteiger partial charge in [-0.25, -0.2) is 17.5 Å². The molecule has 8 nitrogen and oxygen atoms in total. The second kappa shape index (κ2) is 10.5. The lowest BCUT2D eigenvalue weighted by Crippen LogP contribution is -2.37. The van der Waals surface area contributed by atoms with Crippen molar-refractivity contribution in [1.82, 2.24) is 14.5 Å². The van der Waals surface area contributed by atoms with Crippen molar-refractivity contribution < 1.29 is 17.9 Å². The van der Waals surface area contributed by atoms with Crippen LogP contribution in [0.15, 0.2) is 29.2 Å². The van der Waals surface area contributed by atoms with E-state index in [1.165, 1.54) is 4.31 Å². The van der Waals surface area contributed by atoms with Crippen molar-refractivity contribution in [2.45, 2.75) is 44.9 Å². The number of guanidine groups is 1. The number of benzene rings is 1. The van der Waals surface area contributed by atoms with Gasteiger partial charge in [-0.15, -0.1) is 0 Å². The van der Waals surface area contributed by atoms with Crippen LogP contribution in [-0.4, -0.2) is 62.5 Å². The second-order valence-electron chi connectivity index (χ2n) is 7.55. The number of nitrogens with zero attached hydrogens (tertiary/aromatic N) is 2. The van der Waals surface area contributed by atoms with Gasteiger partial charge in [0, 0.05) is 19.6 Å². The van der Waals surface area contributed by atoms with Crippen LogP contribution in [0, 0.1) is 11.3 Å². The van der Waals surface area contributed by atoms with Crippen LogP contribution in [0.4, 0.5) is 4.79 Å². The van der Waals surface area contributed by atoms with Gasteiger partial charge in [-0.05, 0) is 36.5 Å². The molecule has 29 heavy (non-hydrogen) atoms. The number of sulfonamides is 1. The predicted octanol–water partition coefficient (Wildman–Crippen LogP) is 2.65. The lowest BCUT2D eigenvalue weighted by molar-refractivity contribution is 0.133. The summed E-state index contributed by atoms with van der Waals surface area (Å²) in [6.45, 7) is 8.34. The molecule has 0 aromatic heterocycles. The zero-order valence-corrected chi connectivity index (χ0v) is 18.3. The third-order valence-corrected chi connectivity index (χ3v) is 6.44. The molecule has 0 unspecified atom stereocenters. The molecule has 162 valence electrons. The number of amides is 1. The molecule has 1 amide bonds. The quantitative estimate of drug-likeness (QED) is 0.601. The molecule has 2 N–H and O–H groups in total. The zero-order chi connectivity index (χ0) is 21.4. The Labute approximate surface area is 173 Å². The third-order valence-electron chi connectivity index (χ3n) is 4.63. The minimum absolute atomic E-state index is 0.0478. The second-order valence-corrected chi connectivity index (χ2v) is 9.42. The Morgan fingerprint density at radius 3 is 2.55 bits per heavy atom. The highest BCUT2D eigenvalue weighted by Gasteiger charge is 2.34. The summed E-state index contributed by atoms with van der Waals surface area (Å²) in [4.78, 5) is 13.5. The van der Waals surface area contributed by atoms with Crippen LogP contribution >= 0.6 is 0 Å². The fraction of sp³-hybridized carbons (Fsp3) is 0.600. The monoisotopic (exact) mass is 424 g/mol. The summed E-state index contributed by atoms with van der Waals surface area (Å²) in [5, 5.41) is 10.9. The van der Waals surface area contributed by atoms with E-state index in [1.807, 2.05) is 13.8 Å². The number of carbonyl (C=O) groups excluding carboxylic acids is 1. The molecule has 1 fully saturated rings. The maximum Gasteiger partial charge on any atom is 0.407 e. The highest BCUT2D eigenvalue weighted by atomic mass is 32.2. The van der Waals surface area contributed by atoms with Gasteiger partial charge in [-0.1, -0.05) is 39.3 Å². The van der Waals surface area contributed by atoms with Crippen LogP contribution in [0.1, 0.15) is 39.2 Å². The molecule has 1 saturated heterocycles. The van der Waals surface area contributed by atoms with Crippen LogP contribution in [0.3, 0.4) is 0 Å². The molecule has 0 radical (unpaired) electrons. The normalized spacial score (nSPS) is 14.6. The lowest BCUT2D eigenvalue weighted by atomic mass is 10.1. The van der Waals surface area contributed by atoms with Crippen molar-refractivity contribution in [1.29, 1.82) is 5.41 Å². The molecule has 1 aliphatic rings. The van der Waals surface area contributed by atoms with E-state index >= 15 is 0 Å². The smallest absolute Gasteiger partial charge is 0.407 e. The highest BCUT2D eigenvalue weighted by molar-refractivity contribution is 7.89. The van der Waals surface area contributed by atoms with Gasteiger partial charge in [-0.3, -0.25) is 5.41 Å². The number of ether oxygens (including phenoxy) is 1. The molecule has 0 aliphatic carbocycles. The Bertz CT molecular complexity index is 793. The molecule has 1 heterocycles. The third kappa shape index (κ3) is 6.35. The van der Waals surface area contributed by atoms with Crippen LogP contribution in [-0.2, 0) is 21.2 Å². The van der Waals surface area contributed by atoms with Crippen molar-refractivity contribution in [3.05, 3.63) is 29.8 Å². The van der Waals surface area contributed by atoms with Gasteiger partial charge in [0.05, 0.1) is 18.0 Å². The van der Waals surface area contributed by atoms with E-state index in [0.717, 1.165) is 18.4 Å². The summed E-state index contributed by atoms with van der Waals surface area (Å²) in [5.74, 6) is 0.331. The van der Waals surface area contributed by atoms with Crippen LogP contribution in [0.25, 0.3) is 0 Å². The Hall–Kier alpha value is -2.29. The first-order valence-electron chi connectivity index (χ1n) is 10.1. The van der Waals surface area contributed by atoms with E-state index < -0.39 is 16.1 Å². The number of nitrogens with one attached hydrogen (secondary N) is 2. The maximum atomic E-state index is 12.9. The van der Waals surface area contributed by atoms with E-state index in [1.54, 1.807) is 29.2 Å². The van der Waals surface area contributed by atoms with Gasteiger partial charge >= 0.3 is 6.09 Å². The van der Waals surface area contributed by atoms with Gasteiger partial charge in [0.15, 0.2) is 0 Å². The van der Waals surface area contributed by atoms with Crippen LogP contribution < -0.4 is 5.32 Å². The fourth-order valence-electron chi connectivity index (χ4n) is 2.94. The first-order chi connectivity index (χ1) is 13.8. The standard InChI is InChI=1S/C20H32N4O4S/c1-4-5-12-23-13-14-24(19(23)21)29(26,27)18-8-6-17(7-9-18)10-11-22-20(25)28-15-16(2)3/h6-9,16,21H,4-5,10-15H2,1-3H3,(H,22,25). The molecule has 1 aliphatic heterocycles. The summed E-state index contributed by atoms with van der Waals surface area (Å²) >= 11 is 0. The van der Waals surface area contributed by atoms with E-state index in [-0.39, 0.29) is 16.8 Å². The molecule has 2 rings (SSSR count). The number of carbonyl (C=O) groups is 1. The topological polar surface area (TPSA) is 103 Å². The number of unbranched alkanes of at least 4 members (excludes halogenated alkanes) is 1. The molecule has 0 bridgehead atoms. The van der Waals surface area contributed by atoms with Crippen molar-refractivity contribution in [3.8, 4) is 0 Å². The fourth-order valence-corrected chi connectivity index (χ4v) is 4.34. The molecule has 0 atom stereocenters. The van der Waals surface area contributed by atoms with Gasteiger partial charge in [0.1, 0.15) is 0 Å². The number of hydrogen-bond donors (Lipinski definition) is 2. The molecule has 1 aromatic rings. The lowest BCUT2D eigenvalue weighted by Gasteiger charge is -2.21. The predicted molar refractivity (Wildman–Crippen MR) is 112 cm³/mol. The first kappa shape index (κ1) is 23.0. The Morgan fingerprint density at radius 1 is 1.24 bits per heavy atom. The minimum atomic E-state index is -3.73. The Kier molecular flexibility index (Phi) is 8.31. The summed E-state index contributed by atoms with van der Waals surface area (Å²) in [6.07, 6.45) is 2.06. The molecule has 1 aromatic carbocycles. The van der Waals surface area contributed by atoms with E-state index in [4.69, 9.17) is 10.1 Å². The summed E-state index contributed by atoms with van der Waals surface area (Å²) in [7, 11) is -3.73. The zero-order valence-electron chi connectivity index (χ0n) is 17.5. The van der Waals surface area contributed by atoms with Crippen molar-refractivity contribution in [2.24, 2.45) is 5.92 Å². The van der Waals surface area contributed by atoms with Crippen LogP contribution in [0.2, 0.25) is 0 Å². The molecule has 9 heteroatoms. The Morgan fingerprint density at radius 2 is 1.93 bits per heavy atom. The van der Waals surface area contributed by atoms with Gasteiger partial charge in [-0.2, -0.15) is 0 Å². The van der Waals surface area contributed by atoms with E-state index in [9.17, 15) is 13.2 Å². The van der Waals surface area contributed by atoms with Crippen LogP contribution in [0.5, 0.6) is 0 Å². The first-order valence-corrected chi connectivity index (χ1v) is 11.6. The average Bonchev–Trinajstić information content (AvgIpc) is 3.06. The SMILES string of the molecule is CCCCN1CCN(S(=O)(=O)c2ccc(CCNC(=O)OCC(C)C)cc2)C1=N. The summed E-state index contributed by atoms with van der Waals surface area (Å²) < 4.78 is 32.0. The molecule has 0 spiro atoms. The van der Waals surface area contributed by atoms with E-state index in [2.05, 4.69) is 12.2 Å². The average molecular weight is 425 g/mol. The molecule has 0 saturated carbocycles. The number of alkyl carbamates (subject to hydrolysis) is 1. The van der Waals surface area contributed by atoms with Crippen molar-refractivity contribution >= 4 is 22.1 Å². The van der Waals surface area contributed by atoms with Gasteiger partial charge in [0.2, 0.25) is 5.96 Å². The van der Waals surface area contributed by atoms with Gasteiger partial charge < -0.3 is 15.0 Å². The van der Waals surface area contributed by atoms with Crippen molar-refractivity contribution in [2.75, 3.05) is 32.8 Å².